The summed E-state index contributed by atoms with van der Waals surface area (Å²) in [5.41, 5.74) is 2.38. The Hall–Kier alpha value is -2.34. The zero-order valence-electron chi connectivity index (χ0n) is 16.9. The molecule has 0 bridgehead atoms. The van der Waals surface area contributed by atoms with E-state index in [0.717, 1.165) is 36.8 Å². The van der Waals surface area contributed by atoms with Crippen molar-refractivity contribution >= 4 is 33.4 Å². The summed E-state index contributed by atoms with van der Waals surface area (Å²) in [7, 11) is 0. The highest BCUT2D eigenvalue weighted by atomic mass is 79.9. The number of rotatable bonds is 6. The molecular weight excluding hydrogens is 432 g/mol. The lowest BCUT2D eigenvalue weighted by atomic mass is 9.98. The Morgan fingerprint density at radius 1 is 1.17 bits per heavy atom. The summed E-state index contributed by atoms with van der Waals surface area (Å²) in [6.45, 7) is 5.77. The Balaban J connectivity index is 1.57. The van der Waals surface area contributed by atoms with Crippen molar-refractivity contribution in [2.45, 2.75) is 33.1 Å². The fourth-order valence-corrected chi connectivity index (χ4v) is 3.89. The minimum atomic E-state index is -0.270. The van der Waals surface area contributed by atoms with Gasteiger partial charge in [0, 0.05) is 24.3 Å². The first-order chi connectivity index (χ1) is 14.0. The molecule has 1 aliphatic rings. The highest BCUT2D eigenvalue weighted by molar-refractivity contribution is 9.10. The molecule has 1 fully saturated rings. The van der Waals surface area contributed by atoms with Gasteiger partial charge in [0.25, 0.3) is 11.8 Å². The van der Waals surface area contributed by atoms with E-state index in [1.807, 2.05) is 23.1 Å². The number of piperidine rings is 1. The van der Waals surface area contributed by atoms with Crippen LogP contribution in [0.15, 0.2) is 46.9 Å². The maximum absolute atomic E-state index is 12.7. The number of nitrogens with zero attached hydrogens (tertiary/aromatic N) is 1. The third-order valence-corrected chi connectivity index (χ3v) is 5.85. The topological polar surface area (TPSA) is 58.6 Å². The minimum absolute atomic E-state index is 0.0178. The van der Waals surface area contributed by atoms with Crippen molar-refractivity contribution < 1.29 is 14.3 Å². The lowest BCUT2D eigenvalue weighted by molar-refractivity contribution is -0.118. The number of hydrogen-bond acceptors (Lipinski definition) is 3. The number of aryl methyl sites for hydroxylation is 1. The van der Waals surface area contributed by atoms with Gasteiger partial charge in [0.15, 0.2) is 6.61 Å². The van der Waals surface area contributed by atoms with Crippen molar-refractivity contribution in [2.75, 3.05) is 25.0 Å². The number of ether oxygens (including phenoxy) is 1. The lowest BCUT2D eigenvalue weighted by Gasteiger charge is -2.30. The van der Waals surface area contributed by atoms with E-state index in [1.165, 1.54) is 5.56 Å². The molecular formula is C23H27BrN2O3. The number of carbonyl (C=O) groups is 2. The standard InChI is InChI=1S/C23H27BrN2O3/c1-3-17-7-8-21(20(24)13-17)29-15-22(27)25-19-6-4-5-18(14-19)23(28)26-11-9-16(2)10-12-26/h4-8,13-14,16H,3,9-12,15H2,1-2H3,(H,25,27). The Kier molecular flexibility index (Phi) is 7.31. The molecule has 0 radical (unpaired) electrons. The second kappa shape index (κ2) is 9.92. The van der Waals surface area contributed by atoms with Gasteiger partial charge in [-0.25, -0.2) is 0 Å². The quantitative estimate of drug-likeness (QED) is 0.669. The third kappa shape index (κ3) is 5.82. The lowest BCUT2D eigenvalue weighted by Crippen LogP contribution is -2.37. The molecule has 5 nitrogen and oxygen atoms in total. The van der Waals surface area contributed by atoms with E-state index < -0.39 is 0 Å². The molecule has 0 aliphatic carbocycles. The fraction of sp³-hybridized carbons (Fsp3) is 0.391. The van der Waals surface area contributed by atoms with Crippen molar-refractivity contribution in [3.63, 3.8) is 0 Å². The van der Waals surface area contributed by atoms with E-state index in [2.05, 4.69) is 35.1 Å². The minimum Gasteiger partial charge on any atom is -0.483 e. The monoisotopic (exact) mass is 458 g/mol. The van der Waals surface area contributed by atoms with Gasteiger partial charge in [-0.05, 0) is 77.0 Å². The largest absolute Gasteiger partial charge is 0.483 e. The Labute approximate surface area is 180 Å². The molecule has 2 aromatic carbocycles. The number of halogens is 1. The number of hydrogen-bond donors (Lipinski definition) is 1. The van der Waals surface area contributed by atoms with E-state index >= 15 is 0 Å². The van der Waals surface area contributed by atoms with Crippen molar-refractivity contribution in [2.24, 2.45) is 5.92 Å². The highest BCUT2D eigenvalue weighted by Crippen LogP contribution is 2.26. The van der Waals surface area contributed by atoms with Gasteiger partial charge in [-0.15, -0.1) is 0 Å². The average molecular weight is 459 g/mol. The van der Waals surface area contributed by atoms with Crippen LogP contribution in [0.1, 0.15) is 42.6 Å². The number of carbonyl (C=O) groups excluding carboxylic acids is 2. The second-order valence-electron chi connectivity index (χ2n) is 7.51. The molecule has 0 saturated carbocycles. The SMILES string of the molecule is CCc1ccc(OCC(=O)Nc2cccc(C(=O)N3CCC(C)CC3)c2)c(Br)c1. The van der Waals surface area contributed by atoms with Crippen molar-refractivity contribution in [1.29, 1.82) is 0 Å². The van der Waals surface area contributed by atoms with Gasteiger partial charge in [0.1, 0.15) is 5.75 Å². The van der Waals surface area contributed by atoms with Crippen LogP contribution in [0.25, 0.3) is 0 Å². The molecule has 0 unspecified atom stereocenters. The molecule has 6 heteroatoms. The zero-order chi connectivity index (χ0) is 20.8. The van der Waals surface area contributed by atoms with Crippen LogP contribution in [0.5, 0.6) is 5.75 Å². The van der Waals surface area contributed by atoms with Gasteiger partial charge in [-0.2, -0.15) is 0 Å². The van der Waals surface area contributed by atoms with Crippen LogP contribution < -0.4 is 10.1 Å². The summed E-state index contributed by atoms with van der Waals surface area (Å²) >= 11 is 3.47. The Morgan fingerprint density at radius 3 is 2.62 bits per heavy atom. The van der Waals surface area contributed by atoms with Gasteiger partial charge in [-0.3, -0.25) is 9.59 Å². The number of nitrogens with one attached hydrogen (secondary N) is 1. The molecule has 1 heterocycles. The van der Waals surface area contributed by atoms with Crippen LogP contribution >= 0.6 is 15.9 Å². The molecule has 0 spiro atoms. The van der Waals surface area contributed by atoms with Crippen LogP contribution in [0.2, 0.25) is 0 Å². The molecule has 1 aliphatic heterocycles. The number of likely N-dealkylation sites (tertiary alicyclic amines) is 1. The van der Waals surface area contributed by atoms with Gasteiger partial charge in [0.2, 0.25) is 0 Å². The molecule has 2 aromatic rings. The summed E-state index contributed by atoms with van der Waals surface area (Å²) in [4.78, 5) is 26.9. The predicted molar refractivity (Wildman–Crippen MR) is 118 cm³/mol. The van der Waals surface area contributed by atoms with E-state index in [-0.39, 0.29) is 18.4 Å². The third-order valence-electron chi connectivity index (χ3n) is 5.23. The van der Waals surface area contributed by atoms with Gasteiger partial charge in [-0.1, -0.05) is 26.0 Å². The van der Waals surface area contributed by atoms with Crippen molar-refractivity contribution in [3.8, 4) is 5.75 Å². The predicted octanol–water partition coefficient (Wildman–Crippen LogP) is 4.90. The van der Waals surface area contributed by atoms with E-state index in [4.69, 9.17) is 4.74 Å². The number of anilines is 1. The molecule has 154 valence electrons. The molecule has 0 aromatic heterocycles. The van der Waals surface area contributed by atoms with E-state index in [1.54, 1.807) is 24.3 Å². The maximum atomic E-state index is 12.7. The first-order valence-electron chi connectivity index (χ1n) is 10.1. The highest BCUT2D eigenvalue weighted by Gasteiger charge is 2.21. The molecule has 3 rings (SSSR count). The normalized spacial score (nSPS) is 14.5. The summed E-state index contributed by atoms with van der Waals surface area (Å²) in [6, 6.07) is 12.9. The average Bonchev–Trinajstić information content (AvgIpc) is 2.73. The fourth-order valence-electron chi connectivity index (χ4n) is 3.35. The molecule has 29 heavy (non-hydrogen) atoms. The zero-order valence-corrected chi connectivity index (χ0v) is 18.5. The Morgan fingerprint density at radius 2 is 1.93 bits per heavy atom. The van der Waals surface area contributed by atoms with Gasteiger partial charge in [0.05, 0.1) is 4.47 Å². The first-order valence-corrected chi connectivity index (χ1v) is 10.9. The van der Waals surface area contributed by atoms with Gasteiger partial charge >= 0.3 is 0 Å². The van der Waals surface area contributed by atoms with Crippen molar-refractivity contribution in [1.82, 2.24) is 4.90 Å². The van der Waals surface area contributed by atoms with Gasteiger partial charge < -0.3 is 15.0 Å². The summed E-state index contributed by atoms with van der Waals surface area (Å²) in [6.07, 6.45) is 3.01. The van der Waals surface area contributed by atoms with Crippen LogP contribution in [0.3, 0.4) is 0 Å². The number of benzene rings is 2. The van der Waals surface area contributed by atoms with Crippen LogP contribution in [0.4, 0.5) is 5.69 Å². The van der Waals surface area contributed by atoms with Crippen LogP contribution in [0, 0.1) is 5.92 Å². The van der Waals surface area contributed by atoms with E-state index in [0.29, 0.717) is 22.9 Å². The smallest absolute Gasteiger partial charge is 0.262 e. The number of amides is 2. The second-order valence-corrected chi connectivity index (χ2v) is 8.37. The summed E-state index contributed by atoms with van der Waals surface area (Å²) in [5.74, 6) is 1.04. The summed E-state index contributed by atoms with van der Waals surface area (Å²) < 4.78 is 6.45. The molecule has 1 N–H and O–H groups in total. The maximum Gasteiger partial charge on any atom is 0.262 e. The van der Waals surface area contributed by atoms with Crippen LogP contribution in [-0.2, 0) is 11.2 Å². The summed E-state index contributed by atoms with van der Waals surface area (Å²) in [5, 5.41) is 2.81. The molecule has 0 atom stereocenters. The van der Waals surface area contributed by atoms with E-state index in [9.17, 15) is 9.59 Å². The molecule has 1 saturated heterocycles. The van der Waals surface area contributed by atoms with Crippen LogP contribution in [-0.4, -0.2) is 36.4 Å². The Bertz CT molecular complexity index is 876. The molecule has 2 amide bonds. The first kappa shape index (κ1) is 21.4. The van der Waals surface area contributed by atoms with Crippen molar-refractivity contribution in [3.05, 3.63) is 58.1 Å².